The SMILES string of the molecule is CC=CCC.CCCCCOC(=O)C(O)(S)CC. The van der Waals surface area contributed by atoms with Gasteiger partial charge in [-0.05, 0) is 26.2 Å². The van der Waals surface area contributed by atoms with E-state index in [-0.39, 0.29) is 6.42 Å². The van der Waals surface area contributed by atoms with Gasteiger partial charge in [0, 0.05) is 0 Å². The first-order chi connectivity index (χ1) is 8.46. The highest BCUT2D eigenvalue weighted by Gasteiger charge is 2.30. The quantitative estimate of drug-likeness (QED) is 0.245. The molecule has 0 aliphatic carbocycles. The molecule has 0 aromatic carbocycles. The van der Waals surface area contributed by atoms with E-state index in [0.717, 1.165) is 25.7 Å². The van der Waals surface area contributed by atoms with Crippen LogP contribution >= 0.6 is 12.6 Å². The second-order valence-corrected chi connectivity index (χ2v) is 4.73. The van der Waals surface area contributed by atoms with Crippen LogP contribution in [0.25, 0.3) is 0 Å². The van der Waals surface area contributed by atoms with E-state index in [1.165, 1.54) is 0 Å². The molecule has 1 N–H and O–H groups in total. The van der Waals surface area contributed by atoms with Crippen LogP contribution in [0, 0.1) is 0 Å². The maximum atomic E-state index is 11.1. The summed E-state index contributed by atoms with van der Waals surface area (Å²) in [5, 5.41) is 9.34. The molecule has 0 heterocycles. The molecule has 0 rings (SSSR count). The van der Waals surface area contributed by atoms with Crippen molar-refractivity contribution in [2.24, 2.45) is 0 Å². The molecule has 0 spiro atoms. The van der Waals surface area contributed by atoms with E-state index in [2.05, 4.69) is 38.6 Å². The van der Waals surface area contributed by atoms with E-state index in [1.54, 1.807) is 6.92 Å². The molecule has 3 nitrogen and oxygen atoms in total. The number of carbonyl (C=O) groups excluding carboxylic acids is 1. The molecule has 0 saturated heterocycles. The Morgan fingerprint density at radius 2 is 1.94 bits per heavy atom. The molecule has 4 heteroatoms. The van der Waals surface area contributed by atoms with Gasteiger partial charge >= 0.3 is 5.97 Å². The molecule has 18 heavy (non-hydrogen) atoms. The minimum absolute atomic E-state index is 0.253. The molecule has 108 valence electrons. The molecular formula is C14H28O3S. The van der Waals surface area contributed by atoms with Crippen LogP contribution in [0.2, 0.25) is 0 Å². The summed E-state index contributed by atoms with van der Waals surface area (Å²) in [6.45, 7) is 8.28. The molecule has 0 aliphatic heterocycles. The van der Waals surface area contributed by atoms with Crippen LogP contribution in [-0.2, 0) is 9.53 Å². The van der Waals surface area contributed by atoms with Crippen LogP contribution < -0.4 is 0 Å². The van der Waals surface area contributed by atoms with Crippen molar-refractivity contribution < 1.29 is 14.6 Å². The predicted molar refractivity (Wildman–Crippen MR) is 79.8 cm³/mol. The van der Waals surface area contributed by atoms with E-state index in [4.69, 9.17) is 4.74 Å². The molecule has 0 fully saturated rings. The highest BCUT2D eigenvalue weighted by molar-refractivity contribution is 7.82. The summed E-state index contributed by atoms with van der Waals surface area (Å²) in [4.78, 5) is 9.49. The van der Waals surface area contributed by atoms with Crippen molar-refractivity contribution in [1.82, 2.24) is 0 Å². The van der Waals surface area contributed by atoms with Crippen LogP contribution in [0.5, 0.6) is 0 Å². The Bertz CT molecular complexity index is 225. The van der Waals surface area contributed by atoms with Crippen molar-refractivity contribution in [1.29, 1.82) is 0 Å². The Morgan fingerprint density at radius 1 is 1.33 bits per heavy atom. The molecule has 0 radical (unpaired) electrons. The van der Waals surface area contributed by atoms with Gasteiger partial charge in [0.1, 0.15) is 0 Å². The average Bonchev–Trinajstić information content (AvgIpc) is 2.36. The first-order valence-electron chi connectivity index (χ1n) is 6.69. The standard InChI is InChI=1S/C9H18O3S.C5H10/c1-3-5-6-7-12-8(10)9(11,13)4-2;1-3-5-4-2/h11,13H,3-7H2,1-2H3;3,5H,4H2,1-2H3. The zero-order valence-corrected chi connectivity index (χ0v) is 13.0. The topological polar surface area (TPSA) is 46.5 Å². The molecule has 0 aromatic heterocycles. The lowest BCUT2D eigenvalue weighted by Gasteiger charge is -2.17. The van der Waals surface area contributed by atoms with Gasteiger partial charge in [-0.15, -0.1) is 12.6 Å². The number of ether oxygens (including phenoxy) is 1. The van der Waals surface area contributed by atoms with E-state index < -0.39 is 10.9 Å². The van der Waals surface area contributed by atoms with Crippen LogP contribution in [0.15, 0.2) is 12.2 Å². The molecule has 0 bridgehead atoms. The van der Waals surface area contributed by atoms with Gasteiger partial charge in [-0.3, -0.25) is 0 Å². The molecule has 0 aliphatic rings. The number of unbranched alkanes of at least 4 members (excludes halogenated alkanes) is 2. The number of carbonyl (C=O) groups is 1. The summed E-state index contributed by atoms with van der Waals surface area (Å²) in [5.41, 5.74) is 0. The smallest absolute Gasteiger partial charge is 0.348 e. The van der Waals surface area contributed by atoms with Crippen LogP contribution in [0.1, 0.15) is 59.8 Å². The Kier molecular flexibility index (Phi) is 14.3. The lowest BCUT2D eigenvalue weighted by atomic mass is 10.2. The fourth-order valence-electron chi connectivity index (χ4n) is 1.01. The lowest BCUT2D eigenvalue weighted by molar-refractivity contribution is -0.156. The van der Waals surface area contributed by atoms with Gasteiger partial charge in [-0.1, -0.05) is 45.8 Å². The van der Waals surface area contributed by atoms with Gasteiger partial charge in [0.05, 0.1) is 6.61 Å². The monoisotopic (exact) mass is 276 g/mol. The molecule has 1 atom stereocenters. The van der Waals surface area contributed by atoms with Crippen molar-refractivity contribution >= 4 is 18.6 Å². The Morgan fingerprint density at radius 3 is 2.28 bits per heavy atom. The van der Waals surface area contributed by atoms with Crippen LogP contribution in [0.4, 0.5) is 0 Å². The van der Waals surface area contributed by atoms with Crippen molar-refractivity contribution in [3.05, 3.63) is 12.2 Å². The maximum absolute atomic E-state index is 11.1. The van der Waals surface area contributed by atoms with Crippen LogP contribution in [-0.4, -0.2) is 22.6 Å². The second-order valence-electron chi connectivity index (χ2n) is 3.99. The van der Waals surface area contributed by atoms with E-state index in [1.807, 2.05) is 6.92 Å². The number of rotatable bonds is 7. The molecule has 0 saturated carbocycles. The van der Waals surface area contributed by atoms with Gasteiger partial charge < -0.3 is 9.84 Å². The van der Waals surface area contributed by atoms with Gasteiger partial charge in [0.25, 0.3) is 0 Å². The zero-order valence-electron chi connectivity index (χ0n) is 12.1. The van der Waals surface area contributed by atoms with Crippen molar-refractivity contribution in [3.63, 3.8) is 0 Å². The first kappa shape index (κ1) is 19.9. The summed E-state index contributed by atoms with van der Waals surface area (Å²) in [7, 11) is 0. The molecular weight excluding hydrogens is 248 g/mol. The highest BCUT2D eigenvalue weighted by Crippen LogP contribution is 2.16. The summed E-state index contributed by atoms with van der Waals surface area (Å²) in [6, 6.07) is 0. The van der Waals surface area contributed by atoms with Crippen molar-refractivity contribution in [2.45, 2.75) is 64.7 Å². The lowest BCUT2D eigenvalue weighted by Crippen LogP contribution is -2.33. The fourth-order valence-corrected chi connectivity index (χ4v) is 1.08. The maximum Gasteiger partial charge on any atom is 0.348 e. The number of hydrogen-bond donors (Lipinski definition) is 2. The normalized spacial score (nSPS) is 13.7. The minimum atomic E-state index is -1.62. The fraction of sp³-hybridized carbons (Fsp3) is 0.786. The predicted octanol–water partition coefficient (Wildman–Crippen LogP) is 3.72. The van der Waals surface area contributed by atoms with Gasteiger partial charge in [0.15, 0.2) is 0 Å². The number of hydrogen-bond acceptors (Lipinski definition) is 4. The minimum Gasteiger partial charge on any atom is -0.463 e. The molecule has 0 aromatic rings. The third kappa shape index (κ3) is 12.0. The van der Waals surface area contributed by atoms with E-state index in [9.17, 15) is 9.90 Å². The molecule has 1 unspecified atom stereocenters. The summed E-state index contributed by atoms with van der Waals surface area (Å²) < 4.78 is 4.83. The Hall–Kier alpha value is -0.480. The summed E-state index contributed by atoms with van der Waals surface area (Å²) in [5.74, 6) is -0.644. The average molecular weight is 276 g/mol. The Balaban J connectivity index is 0. The summed E-state index contributed by atoms with van der Waals surface area (Å²) >= 11 is 3.79. The summed E-state index contributed by atoms with van der Waals surface area (Å²) in [6.07, 6.45) is 8.55. The van der Waals surface area contributed by atoms with Gasteiger partial charge in [-0.25, -0.2) is 4.79 Å². The number of aliphatic hydroxyl groups is 1. The van der Waals surface area contributed by atoms with Crippen molar-refractivity contribution in [3.8, 4) is 0 Å². The third-order valence-corrected chi connectivity index (χ3v) is 2.77. The van der Waals surface area contributed by atoms with Crippen molar-refractivity contribution in [2.75, 3.05) is 6.61 Å². The highest BCUT2D eigenvalue weighted by atomic mass is 32.1. The van der Waals surface area contributed by atoms with Gasteiger partial charge in [-0.2, -0.15) is 0 Å². The Labute approximate surface area is 117 Å². The number of allylic oxidation sites excluding steroid dienone is 2. The first-order valence-corrected chi connectivity index (χ1v) is 7.14. The molecule has 0 amide bonds. The largest absolute Gasteiger partial charge is 0.463 e. The van der Waals surface area contributed by atoms with Gasteiger partial charge in [0.2, 0.25) is 4.93 Å². The second kappa shape index (κ2) is 13.0. The number of thiol groups is 1. The van der Waals surface area contributed by atoms with E-state index in [0.29, 0.717) is 6.61 Å². The number of esters is 1. The van der Waals surface area contributed by atoms with E-state index >= 15 is 0 Å². The third-order valence-electron chi connectivity index (χ3n) is 2.27. The van der Waals surface area contributed by atoms with Crippen LogP contribution in [0.3, 0.4) is 0 Å². The zero-order chi connectivity index (χ0) is 14.4.